The largest absolute Gasteiger partial charge is 0.493 e. The zero-order valence-corrected chi connectivity index (χ0v) is 16.1. The summed E-state index contributed by atoms with van der Waals surface area (Å²) in [5, 5.41) is 13.8. The molecule has 1 unspecified atom stereocenters. The number of nitro benzene ring substituents is 1. The van der Waals surface area contributed by atoms with Crippen molar-refractivity contribution in [3.63, 3.8) is 0 Å². The van der Waals surface area contributed by atoms with Crippen molar-refractivity contribution >= 4 is 11.6 Å². The number of benzene rings is 2. The van der Waals surface area contributed by atoms with Gasteiger partial charge in [0.05, 0.1) is 18.6 Å². The molecule has 0 heterocycles. The molecule has 8 heteroatoms. The van der Waals surface area contributed by atoms with Crippen LogP contribution in [0.1, 0.15) is 25.8 Å². The molecule has 0 saturated carbocycles. The van der Waals surface area contributed by atoms with E-state index in [9.17, 15) is 14.9 Å². The summed E-state index contributed by atoms with van der Waals surface area (Å²) < 4.78 is 16.4. The third-order valence-electron chi connectivity index (χ3n) is 3.89. The number of amides is 1. The average molecular weight is 388 g/mol. The number of ether oxygens (including phenoxy) is 3. The SMILES string of the molecule is CCCOc1ccc(CNC(=O)C(C)Oc2ccccc2[N+](=O)[O-])cc1OC. The van der Waals surface area contributed by atoms with Crippen LogP contribution in [0.25, 0.3) is 0 Å². The van der Waals surface area contributed by atoms with Gasteiger partial charge in [-0.25, -0.2) is 0 Å². The van der Waals surface area contributed by atoms with Crippen LogP contribution < -0.4 is 19.5 Å². The van der Waals surface area contributed by atoms with Crippen molar-refractivity contribution in [3.05, 3.63) is 58.1 Å². The van der Waals surface area contributed by atoms with E-state index in [1.165, 1.54) is 25.1 Å². The van der Waals surface area contributed by atoms with Gasteiger partial charge >= 0.3 is 5.69 Å². The highest BCUT2D eigenvalue weighted by atomic mass is 16.6. The molecule has 2 aromatic carbocycles. The molecule has 0 spiro atoms. The van der Waals surface area contributed by atoms with E-state index in [2.05, 4.69) is 5.32 Å². The summed E-state index contributed by atoms with van der Waals surface area (Å²) in [6, 6.07) is 11.4. The van der Waals surface area contributed by atoms with Crippen LogP contribution in [-0.4, -0.2) is 30.7 Å². The predicted molar refractivity (Wildman–Crippen MR) is 104 cm³/mol. The summed E-state index contributed by atoms with van der Waals surface area (Å²) in [5.41, 5.74) is 0.640. The van der Waals surface area contributed by atoms with Gasteiger partial charge in [0.25, 0.3) is 5.91 Å². The number of carbonyl (C=O) groups is 1. The molecule has 1 amide bonds. The molecule has 8 nitrogen and oxygen atoms in total. The fraction of sp³-hybridized carbons (Fsp3) is 0.350. The van der Waals surface area contributed by atoms with Gasteiger partial charge in [0.15, 0.2) is 23.4 Å². The first-order valence-electron chi connectivity index (χ1n) is 8.93. The maximum Gasteiger partial charge on any atom is 0.310 e. The lowest BCUT2D eigenvalue weighted by atomic mass is 10.2. The Hall–Kier alpha value is -3.29. The van der Waals surface area contributed by atoms with Crippen molar-refractivity contribution in [2.75, 3.05) is 13.7 Å². The van der Waals surface area contributed by atoms with Gasteiger partial charge in [-0.3, -0.25) is 14.9 Å². The Labute approximate surface area is 163 Å². The molecule has 0 aliphatic rings. The Kier molecular flexibility index (Phi) is 7.62. The lowest BCUT2D eigenvalue weighted by Crippen LogP contribution is -2.36. The summed E-state index contributed by atoms with van der Waals surface area (Å²) in [5.74, 6) is 0.898. The molecule has 2 rings (SSSR count). The molecular weight excluding hydrogens is 364 g/mol. The molecule has 1 N–H and O–H groups in total. The van der Waals surface area contributed by atoms with Gasteiger partial charge < -0.3 is 19.5 Å². The minimum atomic E-state index is -0.893. The molecule has 0 fully saturated rings. The highest BCUT2D eigenvalue weighted by Gasteiger charge is 2.20. The summed E-state index contributed by atoms with van der Waals surface area (Å²) in [7, 11) is 1.55. The van der Waals surface area contributed by atoms with E-state index in [1.807, 2.05) is 13.0 Å². The number of hydrogen-bond acceptors (Lipinski definition) is 6. The van der Waals surface area contributed by atoms with Crippen LogP contribution in [0.15, 0.2) is 42.5 Å². The number of nitro groups is 1. The number of methoxy groups -OCH3 is 1. The lowest BCUT2D eigenvalue weighted by Gasteiger charge is -2.15. The van der Waals surface area contributed by atoms with Crippen molar-refractivity contribution < 1.29 is 23.9 Å². The second-order valence-electron chi connectivity index (χ2n) is 6.04. The minimum absolute atomic E-state index is 0.0502. The van der Waals surface area contributed by atoms with Crippen LogP contribution >= 0.6 is 0 Å². The van der Waals surface area contributed by atoms with Crippen molar-refractivity contribution in [1.82, 2.24) is 5.32 Å². The summed E-state index contributed by atoms with van der Waals surface area (Å²) in [4.78, 5) is 22.8. The summed E-state index contributed by atoms with van der Waals surface area (Å²) in [6.07, 6.45) is -0.00604. The van der Waals surface area contributed by atoms with Crippen molar-refractivity contribution in [2.45, 2.75) is 32.9 Å². The second kappa shape index (κ2) is 10.1. The van der Waals surface area contributed by atoms with E-state index >= 15 is 0 Å². The first-order valence-corrected chi connectivity index (χ1v) is 8.93. The molecule has 1 atom stereocenters. The van der Waals surface area contributed by atoms with Gasteiger partial charge in [0, 0.05) is 12.6 Å². The molecular formula is C20H24N2O6. The Bertz CT molecular complexity index is 824. The quantitative estimate of drug-likeness (QED) is 0.494. The molecule has 2 aromatic rings. The number of nitrogens with zero attached hydrogens (tertiary/aromatic N) is 1. The van der Waals surface area contributed by atoms with Gasteiger partial charge in [-0.2, -0.15) is 0 Å². The number of rotatable bonds is 10. The van der Waals surface area contributed by atoms with Gasteiger partial charge in [0.1, 0.15) is 0 Å². The predicted octanol–water partition coefficient (Wildman–Crippen LogP) is 3.48. The van der Waals surface area contributed by atoms with Crippen LogP contribution in [0.4, 0.5) is 5.69 Å². The maximum absolute atomic E-state index is 12.3. The maximum atomic E-state index is 12.3. The molecule has 0 radical (unpaired) electrons. The van der Waals surface area contributed by atoms with Crippen molar-refractivity contribution in [3.8, 4) is 17.2 Å². The number of carbonyl (C=O) groups excluding carboxylic acids is 1. The van der Waals surface area contributed by atoms with Crippen LogP contribution in [0.2, 0.25) is 0 Å². The summed E-state index contributed by atoms with van der Waals surface area (Å²) in [6.45, 7) is 4.40. The Balaban J connectivity index is 1.97. The molecule has 0 aromatic heterocycles. The van der Waals surface area contributed by atoms with Gasteiger partial charge in [-0.05, 0) is 37.1 Å². The third kappa shape index (κ3) is 5.60. The minimum Gasteiger partial charge on any atom is -0.493 e. The van der Waals surface area contributed by atoms with Crippen molar-refractivity contribution in [1.29, 1.82) is 0 Å². The zero-order chi connectivity index (χ0) is 20.5. The van der Waals surface area contributed by atoms with Gasteiger partial charge in [0.2, 0.25) is 0 Å². The number of para-hydroxylation sites is 2. The second-order valence-corrected chi connectivity index (χ2v) is 6.04. The normalized spacial score (nSPS) is 11.4. The van der Waals surface area contributed by atoms with Crippen LogP contribution in [0.5, 0.6) is 17.2 Å². The van der Waals surface area contributed by atoms with E-state index in [4.69, 9.17) is 14.2 Å². The van der Waals surface area contributed by atoms with E-state index in [-0.39, 0.29) is 23.9 Å². The average Bonchev–Trinajstić information content (AvgIpc) is 2.70. The highest BCUT2D eigenvalue weighted by molar-refractivity contribution is 5.80. The fourth-order valence-electron chi connectivity index (χ4n) is 2.44. The smallest absolute Gasteiger partial charge is 0.310 e. The first kappa shape index (κ1) is 21.0. The molecule has 0 aliphatic carbocycles. The molecule has 0 saturated heterocycles. The third-order valence-corrected chi connectivity index (χ3v) is 3.89. The van der Waals surface area contributed by atoms with Crippen LogP contribution in [0.3, 0.4) is 0 Å². The standard InChI is InChI=1S/C20H24N2O6/c1-4-11-27-18-10-9-15(12-19(18)26-3)13-21-20(23)14(2)28-17-8-6-5-7-16(17)22(24)25/h5-10,12,14H,4,11,13H2,1-3H3,(H,21,23). The van der Waals surface area contributed by atoms with Gasteiger partial charge in [-0.1, -0.05) is 25.1 Å². The Morgan fingerprint density at radius 2 is 1.93 bits per heavy atom. The molecule has 0 bridgehead atoms. The molecule has 28 heavy (non-hydrogen) atoms. The van der Waals surface area contributed by atoms with E-state index in [1.54, 1.807) is 25.3 Å². The molecule has 0 aliphatic heterocycles. The summed E-state index contributed by atoms with van der Waals surface area (Å²) >= 11 is 0. The lowest BCUT2D eigenvalue weighted by molar-refractivity contribution is -0.386. The first-order chi connectivity index (χ1) is 13.5. The molecule has 150 valence electrons. The Morgan fingerprint density at radius 1 is 1.18 bits per heavy atom. The zero-order valence-electron chi connectivity index (χ0n) is 16.1. The van der Waals surface area contributed by atoms with E-state index in [0.717, 1.165) is 12.0 Å². The fourth-order valence-corrected chi connectivity index (χ4v) is 2.44. The number of nitrogens with one attached hydrogen (secondary N) is 1. The van der Waals surface area contributed by atoms with Gasteiger partial charge in [-0.15, -0.1) is 0 Å². The van der Waals surface area contributed by atoms with E-state index in [0.29, 0.717) is 18.1 Å². The van der Waals surface area contributed by atoms with E-state index < -0.39 is 11.0 Å². The monoisotopic (exact) mass is 388 g/mol. The Morgan fingerprint density at radius 3 is 2.61 bits per heavy atom. The van der Waals surface area contributed by atoms with Crippen molar-refractivity contribution in [2.24, 2.45) is 0 Å². The topological polar surface area (TPSA) is 99.9 Å². The van der Waals surface area contributed by atoms with Crippen LogP contribution in [0, 0.1) is 10.1 Å². The highest BCUT2D eigenvalue weighted by Crippen LogP contribution is 2.28. The number of hydrogen-bond donors (Lipinski definition) is 1. The van der Waals surface area contributed by atoms with Crippen LogP contribution in [-0.2, 0) is 11.3 Å².